The molecule has 2 rings (SSSR count). The van der Waals surface area contributed by atoms with Crippen molar-refractivity contribution in [1.29, 1.82) is 0 Å². The van der Waals surface area contributed by atoms with Gasteiger partial charge in [0, 0.05) is 7.11 Å². The standard InChI is InChI=1S/C14H20N2O2/c1-10-5-4-6-12(7-10)14-15-8-13(17)16(14)11(2)9-18-3/h4-7,11,14-15H,8-9H2,1-3H3. The fourth-order valence-corrected chi connectivity index (χ4v) is 2.46. The van der Waals surface area contributed by atoms with E-state index in [1.807, 2.05) is 17.9 Å². The number of carbonyl (C=O) groups is 1. The molecule has 1 N–H and O–H groups in total. The third kappa shape index (κ3) is 2.54. The molecule has 4 heteroatoms. The average Bonchev–Trinajstić information content (AvgIpc) is 2.71. The zero-order valence-electron chi connectivity index (χ0n) is 11.1. The summed E-state index contributed by atoms with van der Waals surface area (Å²) in [5, 5.41) is 3.26. The Hall–Kier alpha value is -1.39. The SMILES string of the molecule is COCC(C)N1C(=O)CNC1c1cccc(C)c1. The van der Waals surface area contributed by atoms with Crippen LogP contribution in [0, 0.1) is 6.92 Å². The molecule has 1 saturated heterocycles. The lowest BCUT2D eigenvalue weighted by Gasteiger charge is -2.30. The lowest BCUT2D eigenvalue weighted by molar-refractivity contribution is -0.131. The van der Waals surface area contributed by atoms with Crippen molar-refractivity contribution in [3.05, 3.63) is 35.4 Å². The van der Waals surface area contributed by atoms with Crippen LogP contribution in [0.5, 0.6) is 0 Å². The molecule has 98 valence electrons. The second kappa shape index (κ2) is 5.50. The van der Waals surface area contributed by atoms with Gasteiger partial charge in [0.25, 0.3) is 0 Å². The number of hydrogen-bond acceptors (Lipinski definition) is 3. The third-order valence-electron chi connectivity index (χ3n) is 3.25. The zero-order valence-corrected chi connectivity index (χ0v) is 11.1. The van der Waals surface area contributed by atoms with Gasteiger partial charge in [-0.1, -0.05) is 29.8 Å². The zero-order chi connectivity index (χ0) is 13.1. The summed E-state index contributed by atoms with van der Waals surface area (Å²) in [6.45, 7) is 5.02. The van der Waals surface area contributed by atoms with E-state index in [1.54, 1.807) is 7.11 Å². The van der Waals surface area contributed by atoms with Crippen LogP contribution in [0.4, 0.5) is 0 Å². The molecule has 0 aliphatic carbocycles. The molecule has 1 amide bonds. The van der Waals surface area contributed by atoms with Gasteiger partial charge < -0.3 is 9.64 Å². The molecule has 0 spiro atoms. The van der Waals surface area contributed by atoms with Gasteiger partial charge in [-0.2, -0.15) is 0 Å². The Bertz CT molecular complexity index is 434. The first kappa shape index (κ1) is 13.1. The van der Waals surface area contributed by atoms with Gasteiger partial charge in [-0.05, 0) is 19.4 Å². The molecule has 1 aliphatic heterocycles. The Morgan fingerprint density at radius 1 is 1.56 bits per heavy atom. The number of nitrogens with one attached hydrogen (secondary N) is 1. The number of aryl methyl sites for hydroxylation is 1. The summed E-state index contributed by atoms with van der Waals surface area (Å²) in [6.07, 6.45) is -0.0393. The predicted molar refractivity (Wildman–Crippen MR) is 70.1 cm³/mol. The minimum atomic E-state index is -0.0393. The Balaban J connectivity index is 2.23. The van der Waals surface area contributed by atoms with Gasteiger partial charge in [-0.25, -0.2) is 0 Å². The molecule has 1 aromatic carbocycles. The van der Waals surface area contributed by atoms with Gasteiger partial charge in [0.15, 0.2) is 0 Å². The van der Waals surface area contributed by atoms with Gasteiger partial charge in [-0.3, -0.25) is 10.1 Å². The number of hydrogen-bond donors (Lipinski definition) is 1. The number of ether oxygens (including phenoxy) is 1. The largest absolute Gasteiger partial charge is 0.383 e. The third-order valence-corrected chi connectivity index (χ3v) is 3.25. The Kier molecular flexibility index (Phi) is 3.99. The van der Waals surface area contributed by atoms with Crippen molar-refractivity contribution >= 4 is 5.91 Å². The highest BCUT2D eigenvalue weighted by molar-refractivity contribution is 5.81. The van der Waals surface area contributed by atoms with Crippen molar-refractivity contribution in [3.63, 3.8) is 0 Å². The highest BCUT2D eigenvalue weighted by atomic mass is 16.5. The Morgan fingerprint density at radius 2 is 2.33 bits per heavy atom. The number of nitrogens with zero attached hydrogens (tertiary/aromatic N) is 1. The smallest absolute Gasteiger partial charge is 0.238 e. The van der Waals surface area contributed by atoms with E-state index in [0.29, 0.717) is 13.2 Å². The summed E-state index contributed by atoms with van der Waals surface area (Å²) in [5.41, 5.74) is 2.33. The topological polar surface area (TPSA) is 41.6 Å². The minimum absolute atomic E-state index is 0.0393. The second-order valence-corrected chi connectivity index (χ2v) is 4.80. The molecule has 0 radical (unpaired) electrons. The van der Waals surface area contributed by atoms with Crippen LogP contribution in [0.3, 0.4) is 0 Å². The molecular weight excluding hydrogens is 228 g/mol. The number of carbonyl (C=O) groups excluding carboxylic acids is 1. The van der Waals surface area contributed by atoms with Crippen LogP contribution in [-0.2, 0) is 9.53 Å². The molecule has 4 nitrogen and oxygen atoms in total. The lowest BCUT2D eigenvalue weighted by atomic mass is 10.1. The van der Waals surface area contributed by atoms with E-state index in [-0.39, 0.29) is 18.1 Å². The number of benzene rings is 1. The molecule has 0 saturated carbocycles. The maximum absolute atomic E-state index is 12.0. The molecule has 1 fully saturated rings. The fourth-order valence-electron chi connectivity index (χ4n) is 2.46. The quantitative estimate of drug-likeness (QED) is 0.877. The van der Waals surface area contributed by atoms with E-state index >= 15 is 0 Å². The molecule has 2 unspecified atom stereocenters. The van der Waals surface area contributed by atoms with Crippen LogP contribution in [0.2, 0.25) is 0 Å². The molecule has 0 bridgehead atoms. The van der Waals surface area contributed by atoms with Gasteiger partial charge in [0.2, 0.25) is 5.91 Å². The summed E-state index contributed by atoms with van der Waals surface area (Å²) in [5.74, 6) is 0.131. The number of amides is 1. The summed E-state index contributed by atoms with van der Waals surface area (Å²) >= 11 is 0. The van der Waals surface area contributed by atoms with Gasteiger partial charge >= 0.3 is 0 Å². The van der Waals surface area contributed by atoms with E-state index in [4.69, 9.17) is 4.74 Å². The van der Waals surface area contributed by atoms with Crippen molar-refractivity contribution in [3.8, 4) is 0 Å². The first-order chi connectivity index (χ1) is 8.63. The fraction of sp³-hybridized carbons (Fsp3) is 0.500. The van der Waals surface area contributed by atoms with E-state index in [2.05, 4.69) is 30.4 Å². The molecule has 2 atom stereocenters. The lowest BCUT2D eigenvalue weighted by Crippen LogP contribution is -2.40. The van der Waals surface area contributed by atoms with Crippen molar-refractivity contribution < 1.29 is 9.53 Å². The summed E-state index contributed by atoms with van der Waals surface area (Å²) in [7, 11) is 1.66. The first-order valence-corrected chi connectivity index (χ1v) is 6.23. The van der Waals surface area contributed by atoms with Gasteiger partial charge in [0.05, 0.1) is 19.2 Å². The monoisotopic (exact) mass is 248 g/mol. The Labute approximate surface area is 108 Å². The number of rotatable bonds is 4. The van der Waals surface area contributed by atoms with Crippen LogP contribution in [0.1, 0.15) is 24.2 Å². The molecule has 1 heterocycles. The highest BCUT2D eigenvalue weighted by Gasteiger charge is 2.34. The van der Waals surface area contributed by atoms with Crippen LogP contribution < -0.4 is 5.32 Å². The maximum Gasteiger partial charge on any atom is 0.238 e. The summed E-state index contributed by atoms with van der Waals surface area (Å²) in [6, 6.07) is 8.32. The Morgan fingerprint density at radius 3 is 3.00 bits per heavy atom. The maximum atomic E-state index is 12.0. The van der Waals surface area contributed by atoms with Crippen molar-refractivity contribution in [2.45, 2.75) is 26.1 Å². The van der Waals surface area contributed by atoms with Gasteiger partial charge in [0.1, 0.15) is 6.17 Å². The van der Waals surface area contributed by atoms with Crippen molar-refractivity contribution in [2.24, 2.45) is 0 Å². The number of methoxy groups -OCH3 is 1. The van der Waals surface area contributed by atoms with E-state index in [1.165, 1.54) is 5.56 Å². The van der Waals surface area contributed by atoms with Crippen LogP contribution in [0.15, 0.2) is 24.3 Å². The second-order valence-electron chi connectivity index (χ2n) is 4.80. The molecule has 0 aromatic heterocycles. The first-order valence-electron chi connectivity index (χ1n) is 6.23. The predicted octanol–water partition coefficient (Wildman–Crippen LogP) is 1.46. The molecule has 1 aromatic rings. The van der Waals surface area contributed by atoms with Crippen LogP contribution in [0.25, 0.3) is 0 Å². The van der Waals surface area contributed by atoms with Crippen LogP contribution in [-0.4, -0.2) is 37.1 Å². The van der Waals surface area contributed by atoms with Gasteiger partial charge in [-0.15, -0.1) is 0 Å². The van der Waals surface area contributed by atoms with Crippen LogP contribution >= 0.6 is 0 Å². The van der Waals surface area contributed by atoms with E-state index in [0.717, 1.165) is 5.56 Å². The summed E-state index contributed by atoms with van der Waals surface area (Å²) in [4.78, 5) is 13.8. The van der Waals surface area contributed by atoms with Crippen molar-refractivity contribution in [2.75, 3.05) is 20.3 Å². The van der Waals surface area contributed by atoms with Crippen molar-refractivity contribution in [1.82, 2.24) is 10.2 Å². The van der Waals surface area contributed by atoms with E-state index < -0.39 is 0 Å². The molecule has 18 heavy (non-hydrogen) atoms. The molecule has 1 aliphatic rings. The van der Waals surface area contributed by atoms with E-state index in [9.17, 15) is 4.79 Å². The minimum Gasteiger partial charge on any atom is -0.383 e. The normalized spacial score (nSPS) is 21.4. The highest BCUT2D eigenvalue weighted by Crippen LogP contribution is 2.25. The average molecular weight is 248 g/mol. The molecular formula is C14H20N2O2. The summed E-state index contributed by atoms with van der Waals surface area (Å²) < 4.78 is 5.15.